The van der Waals surface area contributed by atoms with Crippen LogP contribution in [0.5, 0.6) is 0 Å². The van der Waals surface area contributed by atoms with Crippen LogP contribution < -0.4 is 5.73 Å². The molecule has 88 valence electrons. The summed E-state index contributed by atoms with van der Waals surface area (Å²) < 4.78 is 4.56. The van der Waals surface area contributed by atoms with E-state index in [9.17, 15) is 15.0 Å². The van der Waals surface area contributed by atoms with E-state index in [1.54, 1.807) is 6.92 Å². The first-order chi connectivity index (χ1) is 7.56. The maximum absolute atomic E-state index is 11.1. The molecular weight excluding hydrogens is 214 g/mol. The number of aromatic nitrogens is 2. The van der Waals surface area contributed by atoms with E-state index in [1.807, 2.05) is 0 Å². The summed E-state index contributed by atoms with van der Waals surface area (Å²) in [7, 11) is 0. The number of carbonyl (C=O) groups excluding carboxylic acids is 1. The Hall–Kier alpha value is -1.73. The fourth-order valence-electron chi connectivity index (χ4n) is 1.04. The fourth-order valence-corrected chi connectivity index (χ4v) is 1.04. The Bertz CT molecular complexity index is 354. The van der Waals surface area contributed by atoms with Crippen molar-refractivity contribution >= 4 is 11.9 Å². The van der Waals surface area contributed by atoms with Crippen LogP contribution in [0.2, 0.25) is 0 Å². The van der Waals surface area contributed by atoms with Gasteiger partial charge in [-0.3, -0.25) is 0 Å². The molecule has 16 heavy (non-hydrogen) atoms. The quantitative estimate of drug-likeness (QED) is 0.565. The van der Waals surface area contributed by atoms with Crippen molar-refractivity contribution < 1.29 is 19.7 Å². The summed E-state index contributed by atoms with van der Waals surface area (Å²) >= 11 is 0. The lowest BCUT2D eigenvalue weighted by Gasteiger charge is -2.15. The average Bonchev–Trinajstić information content (AvgIpc) is 2.28. The van der Waals surface area contributed by atoms with Gasteiger partial charge >= 0.3 is 5.97 Å². The van der Waals surface area contributed by atoms with E-state index in [0.29, 0.717) is 0 Å². The predicted molar refractivity (Wildman–Crippen MR) is 54.0 cm³/mol. The zero-order valence-electron chi connectivity index (χ0n) is 8.70. The van der Waals surface area contributed by atoms with E-state index >= 15 is 0 Å². The first-order valence-corrected chi connectivity index (χ1v) is 4.66. The monoisotopic (exact) mass is 227 g/mol. The van der Waals surface area contributed by atoms with E-state index < -0.39 is 18.2 Å². The second-order valence-corrected chi connectivity index (χ2v) is 3.02. The number of ether oxygens (including phenoxy) is 1. The molecule has 2 atom stereocenters. The lowest BCUT2D eigenvalue weighted by atomic mass is 10.1. The number of rotatable bonds is 4. The molecule has 0 aromatic carbocycles. The van der Waals surface area contributed by atoms with Gasteiger partial charge in [0.05, 0.1) is 6.61 Å². The van der Waals surface area contributed by atoms with Crippen molar-refractivity contribution in [1.82, 2.24) is 9.97 Å². The summed E-state index contributed by atoms with van der Waals surface area (Å²) in [5.74, 6) is -0.853. The highest BCUT2D eigenvalue weighted by Gasteiger charge is 2.27. The number of carbonyl (C=O) groups is 1. The first-order valence-electron chi connectivity index (χ1n) is 4.66. The van der Waals surface area contributed by atoms with Crippen LogP contribution >= 0.6 is 0 Å². The number of hydrogen-bond donors (Lipinski definition) is 3. The smallest absolute Gasteiger partial charge is 0.338 e. The highest BCUT2D eigenvalue weighted by Crippen LogP contribution is 2.16. The Labute approximate surface area is 91.9 Å². The number of aliphatic hydroxyl groups excluding tert-OH is 2. The van der Waals surface area contributed by atoms with Crippen LogP contribution in [0, 0.1) is 0 Å². The minimum absolute atomic E-state index is 0.0431. The van der Waals surface area contributed by atoms with Gasteiger partial charge in [-0.15, -0.1) is 0 Å². The van der Waals surface area contributed by atoms with Crippen LogP contribution in [0.3, 0.4) is 0 Å². The third-order valence-corrected chi connectivity index (χ3v) is 1.86. The largest absolute Gasteiger partial charge is 0.464 e. The van der Waals surface area contributed by atoms with Crippen molar-refractivity contribution in [3.05, 3.63) is 18.0 Å². The third-order valence-electron chi connectivity index (χ3n) is 1.86. The van der Waals surface area contributed by atoms with Gasteiger partial charge in [-0.1, -0.05) is 0 Å². The summed E-state index contributed by atoms with van der Waals surface area (Å²) in [5, 5.41) is 19.0. The molecule has 1 heterocycles. The third kappa shape index (κ3) is 2.88. The molecule has 0 aliphatic rings. The van der Waals surface area contributed by atoms with Gasteiger partial charge in [0.1, 0.15) is 6.10 Å². The second-order valence-electron chi connectivity index (χ2n) is 3.02. The van der Waals surface area contributed by atoms with Crippen molar-refractivity contribution in [2.75, 3.05) is 12.3 Å². The Kier molecular flexibility index (Phi) is 4.15. The Balaban J connectivity index is 2.73. The molecule has 1 aromatic rings. The predicted octanol–water partition coefficient (Wildman–Crippen LogP) is -0.984. The maximum Gasteiger partial charge on any atom is 0.338 e. The molecule has 0 amide bonds. The van der Waals surface area contributed by atoms with Gasteiger partial charge in [0, 0.05) is 18.0 Å². The lowest BCUT2D eigenvalue weighted by Crippen LogP contribution is -2.30. The van der Waals surface area contributed by atoms with E-state index in [-0.39, 0.29) is 18.1 Å². The van der Waals surface area contributed by atoms with Crippen LogP contribution in [-0.4, -0.2) is 38.9 Å². The topological polar surface area (TPSA) is 119 Å². The number of nitrogen functional groups attached to an aromatic ring is 1. The molecule has 0 fully saturated rings. The highest BCUT2D eigenvalue weighted by molar-refractivity contribution is 5.75. The van der Waals surface area contributed by atoms with Crippen molar-refractivity contribution in [2.24, 2.45) is 0 Å². The van der Waals surface area contributed by atoms with Gasteiger partial charge in [0.25, 0.3) is 0 Å². The van der Waals surface area contributed by atoms with Crippen LogP contribution in [0.15, 0.2) is 12.4 Å². The summed E-state index contributed by atoms with van der Waals surface area (Å²) in [5.41, 5.74) is 5.44. The Morgan fingerprint density at radius 1 is 1.50 bits per heavy atom. The number of anilines is 1. The first kappa shape index (κ1) is 12.3. The van der Waals surface area contributed by atoms with Crippen molar-refractivity contribution in [1.29, 1.82) is 0 Å². The minimum Gasteiger partial charge on any atom is -0.464 e. The number of hydrogen-bond acceptors (Lipinski definition) is 7. The lowest BCUT2D eigenvalue weighted by molar-refractivity contribution is -0.159. The molecule has 0 saturated carbocycles. The molecule has 0 radical (unpaired) electrons. The molecule has 0 spiro atoms. The summed E-state index contributed by atoms with van der Waals surface area (Å²) in [6.45, 7) is 1.73. The molecule has 0 aliphatic heterocycles. The molecule has 0 bridgehead atoms. The van der Waals surface area contributed by atoms with E-state index in [4.69, 9.17) is 5.73 Å². The SMILES string of the molecule is CCOC(=O)C(O)C(O)c1cnc(N)nc1. The van der Waals surface area contributed by atoms with E-state index in [1.165, 1.54) is 12.4 Å². The number of aliphatic hydroxyl groups is 2. The normalized spacial score (nSPS) is 14.2. The van der Waals surface area contributed by atoms with Crippen LogP contribution in [-0.2, 0) is 9.53 Å². The van der Waals surface area contributed by atoms with Gasteiger partial charge in [0.15, 0.2) is 6.10 Å². The molecule has 2 unspecified atom stereocenters. The Morgan fingerprint density at radius 3 is 2.56 bits per heavy atom. The van der Waals surface area contributed by atoms with E-state index in [2.05, 4.69) is 14.7 Å². The highest BCUT2D eigenvalue weighted by atomic mass is 16.5. The molecule has 1 rings (SSSR count). The van der Waals surface area contributed by atoms with Crippen molar-refractivity contribution in [3.63, 3.8) is 0 Å². The number of esters is 1. The number of nitrogens with zero attached hydrogens (tertiary/aromatic N) is 2. The van der Waals surface area contributed by atoms with Crippen LogP contribution in [0.1, 0.15) is 18.6 Å². The Morgan fingerprint density at radius 2 is 2.06 bits per heavy atom. The standard InChI is InChI=1S/C9H13N3O4/c1-2-16-8(15)7(14)6(13)5-3-11-9(10)12-4-5/h3-4,6-7,13-14H,2H2,1H3,(H2,10,11,12). The zero-order valence-corrected chi connectivity index (χ0v) is 8.70. The van der Waals surface area contributed by atoms with Crippen molar-refractivity contribution in [2.45, 2.75) is 19.1 Å². The molecule has 0 aliphatic carbocycles. The molecule has 4 N–H and O–H groups in total. The molecule has 0 saturated heterocycles. The van der Waals surface area contributed by atoms with Crippen LogP contribution in [0.25, 0.3) is 0 Å². The molecule has 7 nitrogen and oxygen atoms in total. The number of nitrogens with two attached hydrogens (primary N) is 1. The summed E-state index contributed by atoms with van der Waals surface area (Å²) in [6.07, 6.45) is -0.628. The summed E-state index contributed by atoms with van der Waals surface area (Å²) in [4.78, 5) is 18.4. The zero-order chi connectivity index (χ0) is 12.1. The van der Waals surface area contributed by atoms with Gasteiger partial charge in [-0.2, -0.15) is 0 Å². The van der Waals surface area contributed by atoms with Crippen molar-refractivity contribution in [3.8, 4) is 0 Å². The molecule has 7 heteroatoms. The van der Waals surface area contributed by atoms with Crippen LogP contribution in [0.4, 0.5) is 5.95 Å². The summed E-state index contributed by atoms with van der Waals surface area (Å²) in [6, 6.07) is 0. The van der Waals surface area contributed by atoms with Gasteiger partial charge in [-0.25, -0.2) is 14.8 Å². The molecule has 1 aromatic heterocycles. The minimum atomic E-state index is -1.66. The maximum atomic E-state index is 11.1. The average molecular weight is 227 g/mol. The molecular formula is C9H13N3O4. The van der Waals surface area contributed by atoms with E-state index in [0.717, 1.165) is 0 Å². The van der Waals surface area contributed by atoms with Gasteiger partial charge < -0.3 is 20.7 Å². The van der Waals surface area contributed by atoms with Gasteiger partial charge in [-0.05, 0) is 6.92 Å². The van der Waals surface area contributed by atoms with Gasteiger partial charge in [0.2, 0.25) is 5.95 Å². The second kappa shape index (κ2) is 5.38. The fraction of sp³-hybridized carbons (Fsp3) is 0.444.